The summed E-state index contributed by atoms with van der Waals surface area (Å²) in [6, 6.07) is 0. The van der Waals surface area contributed by atoms with Gasteiger partial charge in [0, 0.05) is 0 Å². The summed E-state index contributed by atoms with van der Waals surface area (Å²) in [6.07, 6.45) is 1.28. The van der Waals surface area contributed by atoms with E-state index in [1.54, 1.807) is 0 Å². The minimum atomic E-state index is -0.312. The van der Waals surface area contributed by atoms with Crippen molar-refractivity contribution in [2.24, 2.45) is 0 Å². The molecule has 0 heterocycles. The first-order valence-electron chi connectivity index (χ1n) is 1.78. The van der Waals surface area contributed by atoms with Crippen molar-refractivity contribution in [1.29, 1.82) is 0 Å². The zero-order valence-corrected chi connectivity index (χ0v) is 5.49. The molecule has 0 aromatic heterocycles. The van der Waals surface area contributed by atoms with Crippen LogP contribution in [0.4, 0.5) is 0 Å². The van der Waals surface area contributed by atoms with Crippen LogP contribution in [-0.4, -0.2) is 17.6 Å². The van der Waals surface area contributed by atoms with Gasteiger partial charge in [0.25, 0.3) is 0 Å². The van der Waals surface area contributed by atoms with Crippen molar-refractivity contribution >= 4 is 28.2 Å². The van der Waals surface area contributed by atoms with Gasteiger partial charge in [0.2, 0.25) is 5.91 Å². The summed E-state index contributed by atoms with van der Waals surface area (Å²) < 4.78 is 0. The van der Waals surface area contributed by atoms with Crippen molar-refractivity contribution in [3.63, 3.8) is 0 Å². The molecule has 4 nitrogen and oxygen atoms in total. The second-order valence-corrected chi connectivity index (χ2v) is 1.47. The van der Waals surface area contributed by atoms with E-state index in [0.717, 1.165) is 0 Å². The third-order valence-electron chi connectivity index (χ3n) is 0.374. The van der Waals surface area contributed by atoms with Crippen LogP contribution in [0.1, 0.15) is 0 Å². The molecule has 8 heavy (non-hydrogen) atoms. The SMILES string of the molecule is O=[C]NNC(=O)CBr. The van der Waals surface area contributed by atoms with Gasteiger partial charge in [0.05, 0.1) is 5.33 Å². The largest absolute Gasteiger partial charge is 0.329 e. The lowest BCUT2D eigenvalue weighted by molar-refractivity contribution is -0.119. The fraction of sp³-hybridized carbons (Fsp3) is 0.333. The number of carbonyl (C=O) groups is 1. The minimum Gasteiger partial charge on any atom is -0.272 e. The molecule has 0 fully saturated rings. The molecule has 0 atom stereocenters. The van der Waals surface area contributed by atoms with Crippen LogP contribution < -0.4 is 10.9 Å². The van der Waals surface area contributed by atoms with Crippen LogP contribution in [-0.2, 0) is 9.59 Å². The molecule has 0 aromatic rings. The molecular weight excluding hydrogens is 176 g/mol. The highest BCUT2D eigenvalue weighted by Crippen LogP contribution is 1.74. The van der Waals surface area contributed by atoms with E-state index in [1.165, 1.54) is 6.41 Å². The number of nitrogens with one attached hydrogen (secondary N) is 2. The third kappa shape index (κ3) is 3.60. The topological polar surface area (TPSA) is 58.2 Å². The van der Waals surface area contributed by atoms with E-state index >= 15 is 0 Å². The molecule has 1 radical (unpaired) electrons. The standard InChI is InChI=1S/C3H4BrN2O2/c4-1-3(8)6-5-2-7/h1H2,(H,5,7)(H,6,8). The predicted octanol–water partition coefficient (Wildman–Crippen LogP) is -0.931. The number of rotatable bonds is 3. The monoisotopic (exact) mass is 179 g/mol. The summed E-state index contributed by atoms with van der Waals surface area (Å²) in [4.78, 5) is 19.5. The lowest BCUT2D eigenvalue weighted by Crippen LogP contribution is -2.36. The molecule has 2 N–H and O–H groups in total. The Kier molecular flexibility index (Phi) is 4.24. The number of hydrogen-bond donors (Lipinski definition) is 2. The number of carbonyl (C=O) groups excluding carboxylic acids is 2. The molecule has 0 aliphatic rings. The summed E-state index contributed by atoms with van der Waals surface area (Å²) in [5.41, 5.74) is 3.89. The summed E-state index contributed by atoms with van der Waals surface area (Å²) in [7, 11) is 0. The van der Waals surface area contributed by atoms with Gasteiger partial charge >= 0.3 is 6.41 Å². The molecule has 45 valence electrons. The zero-order chi connectivity index (χ0) is 6.41. The molecule has 5 heteroatoms. The summed E-state index contributed by atoms with van der Waals surface area (Å²) in [6.45, 7) is 0. The van der Waals surface area contributed by atoms with E-state index in [0.29, 0.717) is 0 Å². The van der Waals surface area contributed by atoms with E-state index in [-0.39, 0.29) is 11.2 Å². The van der Waals surface area contributed by atoms with Gasteiger partial charge in [-0.2, -0.15) is 0 Å². The average molecular weight is 180 g/mol. The maximum Gasteiger partial charge on any atom is 0.329 e. The van der Waals surface area contributed by atoms with Gasteiger partial charge < -0.3 is 0 Å². The van der Waals surface area contributed by atoms with Gasteiger partial charge in [-0.05, 0) is 0 Å². The smallest absolute Gasteiger partial charge is 0.272 e. The van der Waals surface area contributed by atoms with Crippen LogP contribution in [0.3, 0.4) is 0 Å². The van der Waals surface area contributed by atoms with Crippen LogP contribution in [0.25, 0.3) is 0 Å². The Labute approximate surface area is 54.7 Å². The van der Waals surface area contributed by atoms with Crippen molar-refractivity contribution in [3.05, 3.63) is 0 Å². The van der Waals surface area contributed by atoms with Gasteiger partial charge in [-0.3, -0.25) is 20.4 Å². The Bertz CT molecular complexity index is 95.3. The third-order valence-corrected chi connectivity index (χ3v) is 0.884. The van der Waals surface area contributed by atoms with Crippen molar-refractivity contribution in [3.8, 4) is 0 Å². The van der Waals surface area contributed by atoms with Crippen molar-refractivity contribution < 1.29 is 9.59 Å². The van der Waals surface area contributed by atoms with E-state index < -0.39 is 0 Å². The molecule has 0 unspecified atom stereocenters. The van der Waals surface area contributed by atoms with Crippen molar-refractivity contribution in [2.45, 2.75) is 0 Å². The first-order chi connectivity index (χ1) is 3.81. The molecule has 2 amide bonds. The maximum atomic E-state index is 10.2. The molecule has 0 aliphatic carbocycles. The predicted molar refractivity (Wildman–Crippen MR) is 30.8 cm³/mol. The molecule has 0 bridgehead atoms. The second kappa shape index (κ2) is 4.58. The normalized spacial score (nSPS) is 7.62. The van der Waals surface area contributed by atoms with E-state index in [1.807, 2.05) is 10.9 Å². The van der Waals surface area contributed by atoms with Gasteiger partial charge in [0.1, 0.15) is 0 Å². The molecular formula is C3H4BrN2O2. The fourth-order valence-corrected chi connectivity index (χ4v) is 0.269. The second-order valence-electron chi connectivity index (χ2n) is 0.909. The highest BCUT2D eigenvalue weighted by atomic mass is 79.9. The van der Waals surface area contributed by atoms with E-state index in [4.69, 9.17) is 0 Å². The highest BCUT2D eigenvalue weighted by molar-refractivity contribution is 9.09. The lowest BCUT2D eigenvalue weighted by atomic mass is 10.8. The summed E-state index contributed by atoms with van der Waals surface area (Å²) in [5.74, 6) is -0.312. The first kappa shape index (κ1) is 7.42. The maximum absolute atomic E-state index is 10.2. The Balaban J connectivity index is 3.11. The number of hydrogen-bond acceptors (Lipinski definition) is 2. The quantitative estimate of drug-likeness (QED) is 0.335. The molecule has 0 spiro atoms. The molecule has 0 aromatic carbocycles. The molecule has 0 aliphatic heterocycles. The van der Waals surface area contributed by atoms with Gasteiger partial charge in [0.15, 0.2) is 0 Å². The van der Waals surface area contributed by atoms with Gasteiger partial charge in [-0.15, -0.1) is 0 Å². The zero-order valence-electron chi connectivity index (χ0n) is 3.90. The lowest BCUT2D eigenvalue weighted by Gasteiger charge is -1.94. The number of amides is 2. The molecule has 0 saturated heterocycles. The van der Waals surface area contributed by atoms with Crippen LogP contribution in [0, 0.1) is 0 Å². The van der Waals surface area contributed by atoms with Crippen LogP contribution in [0.15, 0.2) is 0 Å². The van der Waals surface area contributed by atoms with E-state index in [2.05, 4.69) is 15.9 Å². The van der Waals surface area contributed by atoms with Crippen molar-refractivity contribution in [1.82, 2.24) is 10.9 Å². The van der Waals surface area contributed by atoms with E-state index in [9.17, 15) is 9.59 Å². The van der Waals surface area contributed by atoms with Crippen LogP contribution in [0.5, 0.6) is 0 Å². The fourth-order valence-electron chi connectivity index (χ4n) is 0.129. The molecule has 0 saturated carbocycles. The Morgan fingerprint density at radius 1 is 1.75 bits per heavy atom. The number of halogens is 1. The molecule has 0 rings (SSSR count). The summed E-state index contributed by atoms with van der Waals surface area (Å²) >= 11 is 2.86. The van der Waals surface area contributed by atoms with Crippen molar-refractivity contribution in [2.75, 3.05) is 5.33 Å². The average Bonchev–Trinajstić information content (AvgIpc) is 1.83. The van der Waals surface area contributed by atoms with Gasteiger partial charge in [-0.25, -0.2) is 0 Å². The first-order valence-corrected chi connectivity index (χ1v) is 2.90. The Morgan fingerprint density at radius 3 is 2.75 bits per heavy atom. The van der Waals surface area contributed by atoms with Crippen LogP contribution in [0.2, 0.25) is 0 Å². The minimum absolute atomic E-state index is 0.168. The number of hydrazine groups is 1. The Hall–Kier alpha value is -0.580. The highest BCUT2D eigenvalue weighted by Gasteiger charge is 1.91. The number of alkyl halides is 1. The summed E-state index contributed by atoms with van der Waals surface area (Å²) in [5, 5.41) is 0.168. The van der Waals surface area contributed by atoms with Gasteiger partial charge in [-0.1, -0.05) is 15.9 Å². The Morgan fingerprint density at radius 2 is 2.38 bits per heavy atom. The van der Waals surface area contributed by atoms with Crippen LogP contribution >= 0.6 is 15.9 Å².